The highest BCUT2D eigenvalue weighted by atomic mass is 79.9. The second-order valence-corrected chi connectivity index (χ2v) is 6.52. The van der Waals surface area contributed by atoms with Gasteiger partial charge in [0.2, 0.25) is 0 Å². The van der Waals surface area contributed by atoms with E-state index >= 15 is 0 Å². The van der Waals surface area contributed by atoms with Crippen molar-refractivity contribution >= 4 is 31.9 Å². The van der Waals surface area contributed by atoms with Gasteiger partial charge in [0.25, 0.3) is 0 Å². The molecule has 1 atom stereocenters. The average Bonchev–Trinajstić information content (AvgIpc) is 2.31. The minimum atomic E-state index is -0.451. The van der Waals surface area contributed by atoms with Crippen LogP contribution in [-0.4, -0.2) is 5.11 Å². The van der Waals surface area contributed by atoms with Crippen LogP contribution in [0.4, 0.5) is 0 Å². The molecule has 0 spiro atoms. The molecule has 3 heteroatoms. The number of allylic oxidation sites excluding steroid dienone is 1. The third kappa shape index (κ3) is 3.69. The van der Waals surface area contributed by atoms with Crippen LogP contribution in [-0.2, 0) is 0 Å². The van der Waals surface area contributed by atoms with Gasteiger partial charge < -0.3 is 5.11 Å². The Kier molecular flexibility index (Phi) is 5.46. The predicted octanol–water partition coefficient (Wildman–Crippen LogP) is 5.53. The maximum Gasteiger partial charge on any atom is 0.100 e. The number of aliphatic hydroxyl groups excluding tert-OH is 1. The highest BCUT2D eigenvalue weighted by Crippen LogP contribution is 2.32. The summed E-state index contributed by atoms with van der Waals surface area (Å²) in [7, 11) is 0. The fourth-order valence-electron chi connectivity index (χ4n) is 2.36. The molecule has 0 saturated heterocycles. The first-order valence-electron chi connectivity index (χ1n) is 6.50. The lowest BCUT2D eigenvalue weighted by atomic mass is 9.93. The highest BCUT2D eigenvalue weighted by molar-refractivity contribution is 9.13. The second kappa shape index (κ2) is 6.88. The first-order chi connectivity index (χ1) is 8.68. The molecular weight excluding hydrogens is 356 g/mol. The Morgan fingerprint density at radius 2 is 1.78 bits per heavy atom. The largest absolute Gasteiger partial charge is 0.384 e. The SMILES string of the molecule is OC(/C1=C/CCCCCC1)c1ccc(Br)c(Br)c1. The highest BCUT2D eigenvalue weighted by Gasteiger charge is 2.15. The monoisotopic (exact) mass is 372 g/mol. The summed E-state index contributed by atoms with van der Waals surface area (Å²) < 4.78 is 2.01. The van der Waals surface area contributed by atoms with Crippen LogP contribution < -0.4 is 0 Å². The maximum atomic E-state index is 10.5. The van der Waals surface area contributed by atoms with Gasteiger partial charge in [0, 0.05) is 8.95 Å². The molecule has 18 heavy (non-hydrogen) atoms. The molecule has 1 nitrogen and oxygen atoms in total. The van der Waals surface area contributed by atoms with Crippen LogP contribution >= 0.6 is 31.9 Å². The van der Waals surface area contributed by atoms with E-state index in [1.54, 1.807) is 0 Å². The molecule has 0 radical (unpaired) electrons. The van der Waals surface area contributed by atoms with E-state index < -0.39 is 6.10 Å². The van der Waals surface area contributed by atoms with Gasteiger partial charge in [0.1, 0.15) is 6.10 Å². The van der Waals surface area contributed by atoms with Crippen molar-refractivity contribution in [1.29, 1.82) is 0 Å². The van der Waals surface area contributed by atoms with Gasteiger partial charge in [-0.2, -0.15) is 0 Å². The van der Waals surface area contributed by atoms with Crippen LogP contribution in [0.15, 0.2) is 38.8 Å². The van der Waals surface area contributed by atoms with E-state index in [0.717, 1.165) is 27.4 Å². The second-order valence-electron chi connectivity index (χ2n) is 4.81. The zero-order chi connectivity index (χ0) is 13.0. The first-order valence-corrected chi connectivity index (χ1v) is 8.09. The minimum Gasteiger partial charge on any atom is -0.384 e. The summed E-state index contributed by atoms with van der Waals surface area (Å²) in [5, 5.41) is 10.5. The lowest BCUT2D eigenvalue weighted by molar-refractivity contribution is 0.209. The van der Waals surface area contributed by atoms with E-state index in [4.69, 9.17) is 0 Å². The molecule has 0 aromatic heterocycles. The van der Waals surface area contributed by atoms with E-state index in [1.807, 2.05) is 18.2 Å². The predicted molar refractivity (Wildman–Crippen MR) is 82.6 cm³/mol. The van der Waals surface area contributed by atoms with Crippen LogP contribution in [0.3, 0.4) is 0 Å². The maximum absolute atomic E-state index is 10.5. The number of hydrogen-bond donors (Lipinski definition) is 1. The molecule has 2 rings (SSSR count). The summed E-state index contributed by atoms with van der Waals surface area (Å²) in [6, 6.07) is 5.96. The van der Waals surface area contributed by atoms with Crippen LogP contribution in [0.2, 0.25) is 0 Å². The molecule has 1 aromatic carbocycles. The molecular formula is C15H18Br2O. The summed E-state index contributed by atoms with van der Waals surface area (Å²) >= 11 is 6.94. The lowest BCUT2D eigenvalue weighted by Gasteiger charge is -2.18. The van der Waals surface area contributed by atoms with Gasteiger partial charge in [-0.1, -0.05) is 25.0 Å². The Hall–Kier alpha value is -0.120. The topological polar surface area (TPSA) is 20.2 Å². The smallest absolute Gasteiger partial charge is 0.100 e. The number of halogens is 2. The molecule has 1 aromatic rings. The standard InChI is InChI=1S/C15H18Br2O/c16-13-9-8-12(10-14(13)17)15(18)11-6-4-2-1-3-5-7-11/h6,8-10,15,18H,1-5,7H2/b11-6+. The third-order valence-electron chi connectivity index (χ3n) is 3.44. The Labute approximate surface area is 126 Å². The molecule has 98 valence electrons. The number of benzene rings is 1. The van der Waals surface area contributed by atoms with Gasteiger partial charge >= 0.3 is 0 Å². The summed E-state index contributed by atoms with van der Waals surface area (Å²) in [6.45, 7) is 0. The molecule has 0 amide bonds. The van der Waals surface area contributed by atoms with Gasteiger partial charge in [-0.25, -0.2) is 0 Å². The molecule has 0 fully saturated rings. The van der Waals surface area contributed by atoms with Crippen molar-refractivity contribution in [2.24, 2.45) is 0 Å². The normalized spacial score (nSPS) is 21.6. The van der Waals surface area contributed by atoms with Crippen LogP contribution in [0.25, 0.3) is 0 Å². The Morgan fingerprint density at radius 1 is 1.00 bits per heavy atom. The van der Waals surface area contributed by atoms with Gasteiger partial charge in [0.05, 0.1) is 0 Å². The van der Waals surface area contributed by atoms with E-state index in [9.17, 15) is 5.11 Å². The Morgan fingerprint density at radius 3 is 2.56 bits per heavy atom. The fourth-order valence-corrected chi connectivity index (χ4v) is 3.00. The summed E-state index contributed by atoms with van der Waals surface area (Å²) in [5.74, 6) is 0. The van der Waals surface area contributed by atoms with Crippen LogP contribution in [0.1, 0.15) is 50.2 Å². The van der Waals surface area contributed by atoms with E-state index in [-0.39, 0.29) is 0 Å². The van der Waals surface area contributed by atoms with Crippen molar-refractivity contribution in [3.8, 4) is 0 Å². The third-order valence-corrected chi connectivity index (χ3v) is 5.32. The molecule has 1 unspecified atom stereocenters. The first kappa shape index (κ1) is 14.3. The molecule has 0 heterocycles. The number of aliphatic hydroxyl groups is 1. The van der Waals surface area contributed by atoms with Gasteiger partial charge in [-0.3, -0.25) is 0 Å². The summed E-state index contributed by atoms with van der Waals surface area (Å²) in [5.41, 5.74) is 2.15. The molecule has 0 aliphatic heterocycles. The van der Waals surface area contributed by atoms with Crippen molar-refractivity contribution in [1.82, 2.24) is 0 Å². The van der Waals surface area contributed by atoms with Gasteiger partial charge in [-0.05, 0) is 80.8 Å². The summed E-state index contributed by atoms with van der Waals surface area (Å²) in [6.07, 6.45) is 8.96. The number of hydrogen-bond acceptors (Lipinski definition) is 1. The van der Waals surface area contributed by atoms with Crippen molar-refractivity contribution in [2.75, 3.05) is 0 Å². The van der Waals surface area contributed by atoms with E-state index in [0.29, 0.717) is 0 Å². The average molecular weight is 374 g/mol. The molecule has 0 bridgehead atoms. The van der Waals surface area contributed by atoms with Crippen molar-refractivity contribution in [3.05, 3.63) is 44.4 Å². The minimum absolute atomic E-state index is 0.451. The van der Waals surface area contributed by atoms with Crippen LogP contribution in [0.5, 0.6) is 0 Å². The van der Waals surface area contributed by atoms with Crippen LogP contribution in [0, 0.1) is 0 Å². The number of rotatable bonds is 2. The van der Waals surface area contributed by atoms with Crippen molar-refractivity contribution < 1.29 is 5.11 Å². The quantitative estimate of drug-likeness (QED) is 0.676. The van der Waals surface area contributed by atoms with E-state index in [1.165, 1.54) is 31.3 Å². The van der Waals surface area contributed by atoms with Gasteiger partial charge in [-0.15, -0.1) is 0 Å². The zero-order valence-corrected chi connectivity index (χ0v) is 13.5. The lowest BCUT2D eigenvalue weighted by Crippen LogP contribution is -2.03. The summed E-state index contributed by atoms with van der Waals surface area (Å²) in [4.78, 5) is 0. The molecule has 0 saturated carbocycles. The molecule has 1 aliphatic rings. The van der Waals surface area contributed by atoms with Crippen molar-refractivity contribution in [2.45, 2.75) is 44.6 Å². The molecule has 1 aliphatic carbocycles. The molecule has 1 N–H and O–H groups in total. The zero-order valence-electron chi connectivity index (χ0n) is 10.3. The Balaban J connectivity index is 2.18. The van der Waals surface area contributed by atoms with Gasteiger partial charge in [0.15, 0.2) is 0 Å². The van der Waals surface area contributed by atoms with E-state index in [2.05, 4.69) is 37.9 Å². The fraction of sp³-hybridized carbons (Fsp3) is 0.467. The van der Waals surface area contributed by atoms with Crippen molar-refractivity contribution in [3.63, 3.8) is 0 Å². The Bertz CT molecular complexity index is 440.